The maximum absolute atomic E-state index is 2.48. The van der Waals surface area contributed by atoms with E-state index in [2.05, 4.69) is 39.6 Å². The third-order valence-corrected chi connectivity index (χ3v) is 3.00. The Morgan fingerprint density at radius 1 is 1.33 bits per heavy atom. The molecule has 0 bridgehead atoms. The number of hydrogen-bond donors (Lipinski definition) is 0. The van der Waals surface area contributed by atoms with Gasteiger partial charge in [0.05, 0.1) is 0 Å². The maximum atomic E-state index is 2.48. The van der Waals surface area contributed by atoms with Crippen LogP contribution in [0.5, 0.6) is 0 Å². The predicted octanol–water partition coefficient (Wildman–Crippen LogP) is 2.62. The van der Waals surface area contributed by atoms with Crippen LogP contribution in [0.25, 0.3) is 0 Å². The molecule has 1 aliphatic heterocycles. The first-order valence-electron chi connectivity index (χ1n) is 5.09. The zero-order chi connectivity index (χ0) is 9.35. The second-order valence-corrected chi connectivity index (χ2v) is 5.57. The van der Waals surface area contributed by atoms with Gasteiger partial charge in [-0.1, -0.05) is 27.7 Å². The van der Waals surface area contributed by atoms with Crippen LogP contribution >= 0.6 is 0 Å². The zero-order valence-electron chi connectivity index (χ0n) is 9.22. The van der Waals surface area contributed by atoms with Crippen molar-refractivity contribution in [3.63, 3.8) is 0 Å². The highest BCUT2D eigenvalue weighted by atomic mass is 15.1. The van der Waals surface area contributed by atoms with E-state index >= 15 is 0 Å². The molecule has 0 aromatic heterocycles. The highest BCUT2D eigenvalue weighted by molar-refractivity contribution is 4.84. The SMILES string of the molecule is CC(C)[C@@H]1CN(C)CC(C)(C)C1. The molecule has 0 radical (unpaired) electrons. The minimum atomic E-state index is 0.530. The molecule has 0 aromatic carbocycles. The Hall–Kier alpha value is -0.0400. The topological polar surface area (TPSA) is 3.24 Å². The van der Waals surface area contributed by atoms with Crippen LogP contribution in [0.2, 0.25) is 0 Å². The fraction of sp³-hybridized carbons (Fsp3) is 1.00. The average molecular weight is 169 g/mol. The Labute approximate surface area is 77.1 Å². The summed E-state index contributed by atoms with van der Waals surface area (Å²) in [7, 11) is 2.25. The smallest absolute Gasteiger partial charge is 0.00299 e. The van der Waals surface area contributed by atoms with Gasteiger partial charge in [0.2, 0.25) is 0 Å². The molecule has 0 amide bonds. The molecular formula is C11H23N. The molecule has 1 saturated heterocycles. The van der Waals surface area contributed by atoms with Gasteiger partial charge in [0.25, 0.3) is 0 Å². The van der Waals surface area contributed by atoms with Crippen molar-refractivity contribution in [3.05, 3.63) is 0 Å². The lowest BCUT2D eigenvalue weighted by Gasteiger charge is -2.42. The minimum Gasteiger partial charge on any atom is -0.306 e. The largest absolute Gasteiger partial charge is 0.306 e. The number of rotatable bonds is 1. The van der Waals surface area contributed by atoms with Gasteiger partial charge in [-0.15, -0.1) is 0 Å². The lowest BCUT2D eigenvalue weighted by molar-refractivity contribution is 0.0714. The van der Waals surface area contributed by atoms with Crippen molar-refractivity contribution in [1.82, 2.24) is 4.90 Å². The lowest BCUT2D eigenvalue weighted by atomic mass is 9.75. The van der Waals surface area contributed by atoms with Crippen LogP contribution in [0.15, 0.2) is 0 Å². The summed E-state index contributed by atoms with van der Waals surface area (Å²) in [5, 5.41) is 0. The van der Waals surface area contributed by atoms with Crippen LogP contribution in [0.3, 0.4) is 0 Å². The number of nitrogens with zero attached hydrogens (tertiary/aromatic N) is 1. The van der Waals surface area contributed by atoms with Gasteiger partial charge in [0.1, 0.15) is 0 Å². The van der Waals surface area contributed by atoms with Gasteiger partial charge in [0.15, 0.2) is 0 Å². The fourth-order valence-corrected chi connectivity index (χ4v) is 2.48. The van der Waals surface area contributed by atoms with E-state index < -0.39 is 0 Å². The Balaban J connectivity index is 2.58. The molecule has 1 atom stereocenters. The first-order valence-corrected chi connectivity index (χ1v) is 5.09. The van der Waals surface area contributed by atoms with Crippen molar-refractivity contribution < 1.29 is 0 Å². The van der Waals surface area contributed by atoms with Crippen molar-refractivity contribution >= 4 is 0 Å². The van der Waals surface area contributed by atoms with E-state index in [0.717, 1.165) is 11.8 Å². The van der Waals surface area contributed by atoms with Crippen molar-refractivity contribution in [3.8, 4) is 0 Å². The maximum Gasteiger partial charge on any atom is 0.00299 e. The normalized spacial score (nSPS) is 31.0. The Morgan fingerprint density at radius 3 is 2.33 bits per heavy atom. The summed E-state index contributed by atoms with van der Waals surface area (Å²) in [6.07, 6.45) is 1.40. The number of piperidine rings is 1. The third kappa shape index (κ3) is 2.48. The Morgan fingerprint density at radius 2 is 1.92 bits per heavy atom. The van der Waals surface area contributed by atoms with Crippen LogP contribution in [0.4, 0.5) is 0 Å². The average Bonchev–Trinajstić information content (AvgIpc) is 1.82. The molecule has 1 rings (SSSR count). The van der Waals surface area contributed by atoms with Crippen molar-refractivity contribution in [2.24, 2.45) is 17.3 Å². The van der Waals surface area contributed by atoms with E-state index in [-0.39, 0.29) is 0 Å². The van der Waals surface area contributed by atoms with Gasteiger partial charge >= 0.3 is 0 Å². The standard InChI is InChI=1S/C11H23N/c1-9(2)10-6-11(3,4)8-12(5)7-10/h9-10H,6-8H2,1-5H3/t10-/m0/s1. The molecule has 72 valence electrons. The van der Waals surface area contributed by atoms with Crippen LogP contribution in [-0.4, -0.2) is 25.0 Å². The van der Waals surface area contributed by atoms with Crippen LogP contribution in [0.1, 0.15) is 34.1 Å². The highest BCUT2D eigenvalue weighted by Crippen LogP contribution is 2.34. The second kappa shape index (κ2) is 3.37. The summed E-state index contributed by atoms with van der Waals surface area (Å²) in [5.74, 6) is 1.74. The van der Waals surface area contributed by atoms with Crippen molar-refractivity contribution in [2.45, 2.75) is 34.1 Å². The molecule has 0 unspecified atom stereocenters. The van der Waals surface area contributed by atoms with Gasteiger partial charge < -0.3 is 4.90 Å². The Bertz CT molecular complexity index is 149. The first kappa shape index (κ1) is 10.0. The van der Waals surface area contributed by atoms with Crippen LogP contribution in [0, 0.1) is 17.3 Å². The number of likely N-dealkylation sites (tertiary alicyclic amines) is 1. The van der Waals surface area contributed by atoms with Gasteiger partial charge in [-0.05, 0) is 30.7 Å². The molecule has 1 heterocycles. The van der Waals surface area contributed by atoms with Crippen LogP contribution < -0.4 is 0 Å². The fourth-order valence-electron chi connectivity index (χ4n) is 2.48. The molecular weight excluding hydrogens is 146 g/mol. The van der Waals surface area contributed by atoms with Gasteiger partial charge in [-0.2, -0.15) is 0 Å². The molecule has 0 aromatic rings. The molecule has 0 N–H and O–H groups in total. The number of hydrogen-bond acceptors (Lipinski definition) is 1. The first-order chi connectivity index (χ1) is 5.41. The van der Waals surface area contributed by atoms with E-state index in [1.165, 1.54) is 19.5 Å². The van der Waals surface area contributed by atoms with Crippen LogP contribution in [-0.2, 0) is 0 Å². The minimum absolute atomic E-state index is 0.530. The molecule has 0 aliphatic carbocycles. The van der Waals surface area contributed by atoms with E-state index in [1.807, 2.05) is 0 Å². The molecule has 0 spiro atoms. The highest BCUT2D eigenvalue weighted by Gasteiger charge is 2.31. The summed E-state index contributed by atoms with van der Waals surface area (Å²) in [4.78, 5) is 2.48. The molecule has 12 heavy (non-hydrogen) atoms. The molecule has 1 heteroatoms. The van der Waals surface area contributed by atoms with E-state index in [4.69, 9.17) is 0 Å². The summed E-state index contributed by atoms with van der Waals surface area (Å²) in [5.41, 5.74) is 0.530. The predicted molar refractivity (Wildman–Crippen MR) is 54.2 cm³/mol. The summed E-state index contributed by atoms with van der Waals surface area (Å²) >= 11 is 0. The molecule has 1 aliphatic rings. The van der Waals surface area contributed by atoms with E-state index in [0.29, 0.717) is 5.41 Å². The van der Waals surface area contributed by atoms with E-state index in [9.17, 15) is 0 Å². The molecule has 0 saturated carbocycles. The van der Waals surface area contributed by atoms with Gasteiger partial charge in [-0.3, -0.25) is 0 Å². The van der Waals surface area contributed by atoms with E-state index in [1.54, 1.807) is 0 Å². The Kier molecular flexibility index (Phi) is 2.82. The monoisotopic (exact) mass is 169 g/mol. The summed E-state index contributed by atoms with van der Waals surface area (Å²) < 4.78 is 0. The van der Waals surface area contributed by atoms with Gasteiger partial charge in [-0.25, -0.2) is 0 Å². The van der Waals surface area contributed by atoms with Gasteiger partial charge in [0, 0.05) is 13.1 Å². The quantitative estimate of drug-likeness (QED) is 0.583. The second-order valence-electron chi connectivity index (χ2n) is 5.57. The zero-order valence-corrected chi connectivity index (χ0v) is 9.22. The van der Waals surface area contributed by atoms with Crippen molar-refractivity contribution in [2.75, 3.05) is 20.1 Å². The molecule has 1 fully saturated rings. The molecule has 1 nitrogen and oxygen atoms in total. The lowest BCUT2D eigenvalue weighted by Crippen LogP contribution is -2.43. The summed E-state index contributed by atoms with van der Waals surface area (Å²) in [6.45, 7) is 12.0. The summed E-state index contributed by atoms with van der Waals surface area (Å²) in [6, 6.07) is 0. The third-order valence-electron chi connectivity index (χ3n) is 3.00. The van der Waals surface area contributed by atoms with Crippen molar-refractivity contribution in [1.29, 1.82) is 0 Å².